The molecule has 0 aliphatic heterocycles. The predicted molar refractivity (Wildman–Crippen MR) is 472 cm³/mol. The zero-order valence-electron chi connectivity index (χ0n) is 70.7. The molecule has 16 nitrogen and oxygen atoms in total. The van der Waals surface area contributed by atoms with E-state index < -0.39 is 91.5 Å². The van der Waals surface area contributed by atoms with Gasteiger partial charge < -0.3 is 34.2 Å². The predicted octanol–water partition coefficient (Wildman–Crippen LogP) is 26.9. The quantitative estimate of drug-likeness (QED) is 0.0146. The number of unbranched alkanes of at least 4 members (excludes halogenated alkanes) is 29. The Morgan fingerprint density at radius 3 is 0.743 bits per heavy atom. The van der Waals surface area contributed by atoms with E-state index in [4.69, 9.17) is 32.3 Å². The molecule has 18 heteroatoms. The Morgan fingerprint density at radius 1 is 0.257 bits per heavy atom. The minimum Gasteiger partial charge on any atom is -0.463 e. The Hall–Kier alpha value is -5.35. The average Bonchev–Trinajstić information content (AvgIpc) is 0.900. The number of ether oxygens (including phenoxy) is 3. The van der Waals surface area contributed by atoms with Crippen molar-refractivity contribution in [2.45, 2.75) is 360 Å². The Morgan fingerprint density at radius 2 is 0.469 bits per heavy atom. The fraction of sp³-hybridized carbons (Fsp3) is 0.653. The van der Waals surface area contributed by atoms with Gasteiger partial charge in [-0.25, -0.2) is 9.13 Å². The van der Waals surface area contributed by atoms with E-state index in [0.29, 0.717) is 19.3 Å². The van der Waals surface area contributed by atoms with Crippen LogP contribution in [0.5, 0.6) is 0 Å². The molecule has 113 heavy (non-hydrogen) atoms. The van der Waals surface area contributed by atoms with E-state index in [2.05, 4.69) is 203 Å². The summed E-state index contributed by atoms with van der Waals surface area (Å²) in [6, 6.07) is 0. The van der Waals surface area contributed by atoms with Gasteiger partial charge in [0.2, 0.25) is 0 Å². The molecule has 0 bridgehead atoms. The molecule has 0 amide bonds. The molecule has 0 rings (SSSR count). The van der Waals surface area contributed by atoms with Crippen LogP contribution in [-0.4, -0.2) is 95.9 Å². The van der Waals surface area contributed by atoms with Crippen LogP contribution in [0.25, 0.3) is 0 Å². The number of carbonyl (C=O) groups excluding carboxylic acids is 3. The third-order valence-corrected chi connectivity index (χ3v) is 20.0. The first-order valence-corrected chi connectivity index (χ1v) is 47.1. The number of carbonyl (C=O) groups is 3. The van der Waals surface area contributed by atoms with Crippen molar-refractivity contribution in [2.24, 2.45) is 0 Å². The molecule has 0 fully saturated rings. The van der Waals surface area contributed by atoms with Gasteiger partial charge in [-0.05, 0) is 161 Å². The lowest BCUT2D eigenvalue weighted by atomic mass is 10.0. The van der Waals surface area contributed by atoms with E-state index in [1.807, 2.05) is 0 Å². The van der Waals surface area contributed by atoms with Crippen LogP contribution in [-0.2, 0) is 55.8 Å². The van der Waals surface area contributed by atoms with Crippen molar-refractivity contribution in [3.05, 3.63) is 182 Å². The van der Waals surface area contributed by atoms with Crippen LogP contribution < -0.4 is 0 Å². The molecule has 644 valence electrons. The second-order valence-corrected chi connectivity index (χ2v) is 31.8. The highest BCUT2D eigenvalue weighted by Crippen LogP contribution is 2.45. The zero-order valence-corrected chi connectivity index (χ0v) is 72.5. The largest absolute Gasteiger partial charge is 0.472 e. The van der Waals surface area contributed by atoms with Crippen LogP contribution in [0.15, 0.2) is 182 Å². The Labute approximate surface area is 687 Å². The highest BCUT2D eigenvalue weighted by molar-refractivity contribution is 7.47. The molecule has 0 radical (unpaired) electrons. The lowest BCUT2D eigenvalue weighted by molar-refractivity contribution is -0.161. The van der Waals surface area contributed by atoms with E-state index in [1.54, 1.807) is 0 Å². The number of aliphatic hydroxyl groups is 2. The summed E-state index contributed by atoms with van der Waals surface area (Å²) in [7, 11) is -9.82. The molecule has 0 heterocycles. The van der Waals surface area contributed by atoms with Gasteiger partial charge in [-0.2, -0.15) is 0 Å². The van der Waals surface area contributed by atoms with Gasteiger partial charge in [0.15, 0.2) is 6.10 Å². The fourth-order valence-electron chi connectivity index (χ4n) is 11.5. The summed E-state index contributed by atoms with van der Waals surface area (Å²) in [5, 5.41) is 20.7. The third-order valence-electron chi connectivity index (χ3n) is 18.1. The smallest absolute Gasteiger partial charge is 0.463 e. The summed E-state index contributed by atoms with van der Waals surface area (Å²) in [6.45, 7) is 2.41. The molecular formula is C95H158O16P2. The Bertz CT molecular complexity index is 2780. The van der Waals surface area contributed by atoms with E-state index in [0.717, 1.165) is 199 Å². The van der Waals surface area contributed by atoms with Crippen molar-refractivity contribution < 1.29 is 75.8 Å². The minimum atomic E-state index is -4.95. The SMILES string of the molecule is CC/C=C\C/C=C\C/C=C\C/C=C\C/C=C\C/C=C\CCCCCCCCCCCCCCCCC(=O)OCC(O)COP(=O)(O)OCC(O)COP(=O)(O)OCC(COC(=O)CCCCCCCC/C=C\C/C=C\C/C=C\C/C=C\C/C=C\C/C=C\CC)OC(=O)CCCCCCCC/C=C\C/C=C\C/C=C\CCCCC. The second-order valence-electron chi connectivity index (χ2n) is 28.9. The molecule has 5 atom stereocenters. The van der Waals surface area contributed by atoms with E-state index in [-0.39, 0.29) is 19.3 Å². The van der Waals surface area contributed by atoms with Gasteiger partial charge in [0, 0.05) is 19.3 Å². The summed E-state index contributed by atoms with van der Waals surface area (Å²) >= 11 is 0. The molecule has 0 saturated carbocycles. The molecule has 0 aromatic rings. The molecule has 0 aromatic carbocycles. The number of aliphatic hydroxyl groups excluding tert-OH is 2. The van der Waals surface area contributed by atoms with Crippen molar-refractivity contribution in [3.63, 3.8) is 0 Å². The van der Waals surface area contributed by atoms with Crippen molar-refractivity contribution in [2.75, 3.05) is 39.6 Å². The first kappa shape index (κ1) is 108. The first-order valence-electron chi connectivity index (χ1n) is 44.1. The van der Waals surface area contributed by atoms with Gasteiger partial charge in [-0.15, -0.1) is 0 Å². The molecule has 0 aliphatic carbocycles. The Kier molecular flexibility index (Phi) is 81.9. The molecule has 5 unspecified atom stereocenters. The summed E-state index contributed by atoms with van der Waals surface area (Å²) in [5.41, 5.74) is 0. The highest BCUT2D eigenvalue weighted by Gasteiger charge is 2.29. The topological polar surface area (TPSA) is 231 Å². The maximum absolute atomic E-state index is 13.0. The van der Waals surface area contributed by atoms with E-state index in [1.165, 1.54) is 83.5 Å². The molecule has 0 aliphatic rings. The van der Waals surface area contributed by atoms with Crippen molar-refractivity contribution >= 4 is 33.6 Å². The molecule has 0 spiro atoms. The number of rotatable bonds is 82. The standard InChI is InChI=1S/C95H158O16P2/c1-4-7-10-13-16-19-22-25-28-31-34-36-38-40-41-42-43-44-45-46-47-49-51-52-55-57-60-63-66-69-72-75-78-81-93(98)105-84-90(96)85-107-112(101,102)108-86-91(97)87-109-113(103,104)110-89-92(111-95(100)83-80-77-74-71-68-65-62-59-54-33-30-27-24-21-18-15-12-9-6-3)88-106-94(99)82-79-76-73-70-67-64-61-58-56-53-50-48-39-37-35-32-29-26-23-20-17-14-11-8-5-2/h7-8,10-11,16-21,25-30,34-37,40-41,43-44,48,50,54,56,58-59,90-92,96-97H,4-6,9,12-15,22-24,31-33,38-39,42,45-47,49,51-53,55,57,60-89H2,1-3H3,(H,101,102)(H,103,104)/b10-7-,11-8-,19-16-,20-17-,21-18-,28-25-,29-26-,30-27-,36-34-,37-35-,41-40-,44-43-,50-48-,58-56-,59-54-. The van der Waals surface area contributed by atoms with E-state index in [9.17, 15) is 43.5 Å². The van der Waals surface area contributed by atoms with Crippen LogP contribution in [0.4, 0.5) is 0 Å². The third kappa shape index (κ3) is 87.3. The maximum atomic E-state index is 13.0. The van der Waals surface area contributed by atoms with Gasteiger partial charge in [-0.1, -0.05) is 344 Å². The number of phosphoric ester groups is 2. The van der Waals surface area contributed by atoms with Crippen molar-refractivity contribution in [1.82, 2.24) is 0 Å². The summed E-state index contributed by atoms with van der Waals surface area (Å²) < 4.78 is 61.4. The van der Waals surface area contributed by atoms with Gasteiger partial charge in [0.1, 0.15) is 25.4 Å². The van der Waals surface area contributed by atoms with Crippen molar-refractivity contribution in [1.29, 1.82) is 0 Å². The zero-order chi connectivity index (χ0) is 82.2. The van der Waals surface area contributed by atoms with Gasteiger partial charge in [0.05, 0.1) is 26.4 Å². The number of phosphoric acid groups is 2. The molecular weight excluding hydrogens is 1460 g/mol. The lowest BCUT2D eigenvalue weighted by Crippen LogP contribution is -2.30. The lowest BCUT2D eigenvalue weighted by Gasteiger charge is -2.21. The minimum absolute atomic E-state index is 0.0810. The van der Waals surface area contributed by atoms with Crippen LogP contribution >= 0.6 is 15.6 Å². The van der Waals surface area contributed by atoms with Gasteiger partial charge in [-0.3, -0.25) is 32.5 Å². The maximum Gasteiger partial charge on any atom is 0.472 e. The molecule has 0 aromatic heterocycles. The monoisotopic (exact) mass is 1620 g/mol. The van der Waals surface area contributed by atoms with Crippen LogP contribution in [0.1, 0.15) is 342 Å². The summed E-state index contributed by atoms with van der Waals surface area (Å²) in [4.78, 5) is 58.9. The van der Waals surface area contributed by atoms with Gasteiger partial charge >= 0.3 is 33.6 Å². The molecule has 0 saturated heterocycles. The number of esters is 3. The number of hydrogen-bond donors (Lipinski definition) is 4. The van der Waals surface area contributed by atoms with Crippen LogP contribution in [0, 0.1) is 0 Å². The molecule has 4 N–H and O–H groups in total. The fourth-order valence-corrected chi connectivity index (χ4v) is 13.1. The van der Waals surface area contributed by atoms with Crippen molar-refractivity contribution in [3.8, 4) is 0 Å². The van der Waals surface area contributed by atoms with Crippen LogP contribution in [0.2, 0.25) is 0 Å². The second kappa shape index (κ2) is 86.0. The highest BCUT2D eigenvalue weighted by atomic mass is 31.2. The average molecular weight is 1620 g/mol. The number of allylic oxidation sites excluding steroid dienone is 30. The number of hydrogen-bond acceptors (Lipinski definition) is 14. The first-order chi connectivity index (χ1) is 55.2. The Balaban J connectivity index is 4.58. The van der Waals surface area contributed by atoms with Gasteiger partial charge in [0.25, 0.3) is 0 Å². The normalized spacial score (nSPS) is 14.7. The van der Waals surface area contributed by atoms with E-state index >= 15 is 0 Å². The van der Waals surface area contributed by atoms with Crippen LogP contribution in [0.3, 0.4) is 0 Å². The summed E-state index contributed by atoms with van der Waals surface area (Å²) in [5.74, 6) is -1.61. The summed E-state index contributed by atoms with van der Waals surface area (Å²) in [6.07, 6.45) is 112.